The minimum absolute atomic E-state index is 0.512. The summed E-state index contributed by atoms with van der Waals surface area (Å²) >= 11 is 5.30. The summed E-state index contributed by atoms with van der Waals surface area (Å²) in [7, 11) is 0. The summed E-state index contributed by atoms with van der Waals surface area (Å²) in [5.74, 6) is 0.693. The predicted octanol–water partition coefficient (Wildman–Crippen LogP) is 4.60. The SMILES string of the molecule is CCCNC(c1csc(Br)c1)C(C)CC. The molecule has 2 unspecified atom stereocenters. The molecule has 1 heterocycles. The van der Waals surface area contributed by atoms with Crippen LogP contribution in [0.25, 0.3) is 0 Å². The van der Waals surface area contributed by atoms with Gasteiger partial charge in [-0.2, -0.15) is 0 Å². The molecule has 1 aromatic heterocycles. The summed E-state index contributed by atoms with van der Waals surface area (Å²) in [6.07, 6.45) is 2.41. The lowest BCUT2D eigenvalue weighted by Crippen LogP contribution is -2.27. The van der Waals surface area contributed by atoms with E-state index >= 15 is 0 Å². The van der Waals surface area contributed by atoms with E-state index in [1.807, 2.05) is 0 Å². The van der Waals surface area contributed by atoms with Crippen LogP contribution in [0.1, 0.15) is 45.2 Å². The smallest absolute Gasteiger partial charge is 0.0701 e. The molecule has 0 aliphatic heterocycles. The van der Waals surface area contributed by atoms with Gasteiger partial charge in [0.2, 0.25) is 0 Å². The van der Waals surface area contributed by atoms with Crippen molar-refractivity contribution >= 4 is 27.3 Å². The lowest BCUT2D eigenvalue weighted by molar-refractivity contribution is 0.378. The Morgan fingerprint density at radius 1 is 1.47 bits per heavy atom. The fourth-order valence-corrected chi connectivity index (χ4v) is 2.88. The fraction of sp³-hybridized carbons (Fsp3) is 0.667. The van der Waals surface area contributed by atoms with Crippen LogP contribution >= 0.6 is 27.3 Å². The molecule has 0 spiro atoms. The summed E-state index contributed by atoms with van der Waals surface area (Å²) in [6.45, 7) is 7.89. The van der Waals surface area contributed by atoms with Crippen molar-refractivity contribution in [1.29, 1.82) is 0 Å². The van der Waals surface area contributed by atoms with E-state index in [0.29, 0.717) is 12.0 Å². The summed E-state index contributed by atoms with van der Waals surface area (Å²) in [5.41, 5.74) is 1.43. The maximum absolute atomic E-state index is 3.64. The van der Waals surface area contributed by atoms with Gasteiger partial charge in [0.15, 0.2) is 0 Å². The zero-order valence-electron chi connectivity index (χ0n) is 9.72. The van der Waals surface area contributed by atoms with Crippen molar-refractivity contribution in [3.05, 3.63) is 20.8 Å². The molecule has 1 nitrogen and oxygen atoms in total. The molecule has 0 amide bonds. The molecule has 1 N–H and O–H groups in total. The van der Waals surface area contributed by atoms with Crippen molar-refractivity contribution in [3.8, 4) is 0 Å². The summed E-state index contributed by atoms with van der Waals surface area (Å²) < 4.78 is 1.23. The average Bonchev–Trinajstić information content (AvgIpc) is 2.65. The Labute approximate surface area is 105 Å². The maximum Gasteiger partial charge on any atom is 0.0701 e. The number of thiophene rings is 1. The first-order valence-electron chi connectivity index (χ1n) is 5.66. The minimum atomic E-state index is 0.512. The Morgan fingerprint density at radius 3 is 2.67 bits per heavy atom. The van der Waals surface area contributed by atoms with Crippen molar-refractivity contribution in [2.75, 3.05) is 6.54 Å². The van der Waals surface area contributed by atoms with Crippen LogP contribution in [0.2, 0.25) is 0 Å². The van der Waals surface area contributed by atoms with Gasteiger partial charge in [-0.15, -0.1) is 11.3 Å². The van der Waals surface area contributed by atoms with Crippen LogP contribution in [0.5, 0.6) is 0 Å². The van der Waals surface area contributed by atoms with E-state index in [-0.39, 0.29) is 0 Å². The van der Waals surface area contributed by atoms with Crippen molar-refractivity contribution in [2.24, 2.45) is 5.92 Å². The molecular formula is C12H20BrNS. The number of rotatable bonds is 6. The first-order chi connectivity index (χ1) is 7.19. The van der Waals surface area contributed by atoms with E-state index in [0.717, 1.165) is 6.54 Å². The number of hydrogen-bond acceptors (Lipinski definition) is 2. The second kappa shape index (κ2) is 6.66. The summed E-state index contributed by atoms with van der Waals surface area (Å²) in [4.78, 5) is 0. The number of halogens is 1. The topological polar surface area (TPSA) is 12.0 Å². The average molecular weight is 290 g/mol. The first kappa shape index (κ1) is 13.2. The van der Waals surface area contributed by atoms with Crippen molar-refractivity contribution in [3.63, 3.8) is 0 Å². The standard InChI is InChI=1S/C12H20BrNS/c1-4-6-14-12(9(3)5-2)10-7-11(13)15-8-10/h7-9,12,14H,4-6H2,1-3H3. The summed E-state index contributed by atoms with van der Waals surface area (Å²) in [6, 6.07) is 2.75. The largest absolute Gasteiger partial charge is 0.310 e. The molecule has 0 saturated heterocycles. The van der Waals surface area contributed by atoms with Crippen LogP contribution in [0.3, 0.4) is 0 Å². The first-order valence-corrected chi connectivity index (χ1v) is 7.33. The van der Waals surface area contributed by atoms with Gasteiger partial charge in [-0.05, 0) is 51.8 Å². The molecule has 0 aliphatic rings. The highest BCUT2D eigenvalue weighted by atomic mass is 79.9. The van der Waals surface area contributed by atoms with Crippen molar-refractivity contribution in [2.45, 2.75) is 39.7 Å². The van der Waals surface area contributed by atoms with Gasteiger partial charge >= 0.3 is 0 Å². The van der Waals surface area contributed by atoms with Gasteiger partial charge in [0.25, 0.3) is 0 Å². The van der Waals surface area contributed by atoms with Crippen LogP contribution in [0, 0.1) is 5.92 Å². The van der Waals surface area contributed by atoms with E-state index in [9.17, 15) is 0 Å². The number of hydrogen-bond donors (Lipinski definition) is 1. The normalized spacial score (nSPS) is 15.2. The molecule has 86 valence electrons. The predicted molar refractivity (Wildman–Crippen MR) is 72.5 cm³/mol. The quantitative estimate of drug-likeness (QED) is 0.807. The minimum Gasteiger partial charge on any atom is -0.310 e. The van der Waals surface area contributed by atoms with Crippen LogP contribution in [-0.2, 0) is 0 Å². The third kappa shape index (κ3) is 3.89. The zero-order valence-corrected chi connectivity index (χ0v) is 12.1. The maximum atomic E-state index is 3.64. The van der Waals surface area contributed by atoms with Gasteiger partial charge in [-0.25, -0.2) is 0 Å². The van der Waals surface area contributed by atoms with Crippen LogP contribution in [0.4, 0.5) is 0 Å². The van der Waals surface area contributed by atoms with E-state index in [1.54, 1.807) is 11.3 Å². The lowest BCUT2D eigenvalue weighted by Gasteiger charge is -2.23. The molecule has 0 aromatic carbocycles. The third-order valence-corrected chi connectivity index (χ3v) is 4.30. The van der Waals surface area contributed by atoms with Crippen molar-refractivity contribution < 1.29 is 0 Å². The zero-order chi connectivity index (χ0) is 11.3. The van der Waals surface area contributed by atoms with Gasteiger partial charge in [-0.1, -0.05) is 27.2 Å². The highest BCUT2D eigenvalue weighted by Crippen LogP contribution is 2.30. The van der Waals surface area contributed by atoms with E-state index in [1.165, 1.54) is 22.2 Å². The van der Waals surface area contributed by atoms with Gasteiger partial charge in [-0.3, -0.25) is 0 Å². The Morgan fingerprint density at radius 2 is 2.20 bits per heavy atom. The van der Waals surface area contributed by atoms with Gasteiger partial charge < -0.3 is 5.32 Å². The van der Waals surface area contributed by atoms with Gasteiger partial charge in [0.05, 0.1) is 3.79 Å². The number of nitrogens with one attached hydrogen (secondary N) is 1. The van der Waals surface area contributed by atoms with Crippen molar-refractivity contribution in [1.82, 2.24) is 5.32 Å². The van der Waals surface area contributed by atoms with Gasteiger partial charge in [0.1, 0.15) is 0 Å². The second-order valence-corrected chi connectivity index (χ2v) is 6.29. The van der Waals surface area contributed by atoms with Crippen LogP contribution < -0.4 is 5.32 Å². The van der Waals surface area contributed by atoms with E-state index in [4.69, 9.17) is 0 Å². The molecular weight excluding hydrogens is 270 g/mol. The summed E-state index contributed by atoms with van der Waals surface area (Å²) in [5, 5.41) is 5.89. The molecule has 0 radical (unpaired) electrons. The van der Waals surface area contributed by atoms with E-state index in [2.05, 4.69) is 53.5 Å². The molecule has 1 rings (SSSR count). The third-order valence-electron chi connectivity index (χ3n) is 2.77. The Hall–Kier alpha value is 0.140. The molecule has 0 bridgehead atoms. The lowest BCUT2D eigenvalue weighted by atomic mass is 9.94. The fourth-order valence-electron chi connectivity index (χ4n) is 1.67. The monoisotopic (exact) mass is 289 g/mol. The molecule has 0 aliphatic carbocycles. The Balaban J connectivity index is 2.71. The Bertz CT molecular complexity index is 285. The molecule has 0 saturated carbocycles. The highest BCUT2D eigenvalue weighted by molar-refractivity contribution is 9.11. The van der Waals surface area contributed by atoms with Crippen LogP contribution in [0.15, 0.2) is 15.2 Å². The molecule has 3 heteroatoms. The van der Waals surface area contributed by atoms with E-state index < -0.39 is 0 Å². The molecule has 15 heavy (non-hydrogen) atoms. The van der Waals surface area contributed by atoms with Crippen LogP contribution in [-0.4, -0.2) is 6.54 Å². The van der Waals surface area contributed by atoms with Gasteiger partial charge in [0, 0.05) is 6.04 Å². The highest BCUT2D eigenvalue weighted by Gasteiger charge is 2.17. The molecule has 1 aromatic rings. The Kier molecular flexibility index (Phi) is 5.87. The molecule has 2 atom stereocenters. The second-order valence-electron chi connectivity index (χ2n) is 4.00. The molecule has 0 fully saturated rings.